The summed E-state index contributed by atoms with van der Waals surface area (Å²) in [7, 11) is 2.01. The van der Waals surface area contributed by atoms with Gasteiger partial charge >= 0.3 is 5.97 Å². The van der Waals surface area contributed by atoms with Crippen LogP contribution >= 0.6 is 11.8 Å². The third kappa shape index (κ3) is 5.39. The number of hydrogen-bond acceptors (Lipinski definition) is 3. The van der Waals surface area contributed by atoms with E-state index in [2.05, 4.69) is 16.0 Å². The summed E-state index contributed by atoms with van der Waals surface area (Å²) in [6, 6.07) is 11.2. The Labute approximate surface area is 152 Å². The molecule has 5 nitrogen and oxygen atoms in total. The molecular formula is C19H24N2O3S. The van der Waals surface area contributed by atoms with Gasteiger partial charge in [-0.15, -0.1) is 11.8 Å². The standard InChI is InChI=1S/C19H24N2O3S/c1-13(10-11-15-7-6-12-21(15)3)20-18(22)16-8-4-5-9-17(16)25-14(2)19(23)24/h4-9,12-14H,10-11H2,1-3H3,(H,20,22)(H,23,24). The maximum absolute atomic E-state index is 12.6. The molecule has 2 rings (SSSR count). The lowest BCUT2D eigenvalue weighted by Gasteiger charge is -2.16. The Kier molecular flexibility index (Phi) is 6.70. The first-order valence-electron chi connectivity index (χ1n) is 8.28. The minimum absolute atomic E-state index is 0.0253. The largest absolute Gasteiger partial charge is 0.480 e. The zero-order valence-corrected chi connectivity index (χ0v) is 15.5. The predicted molar refractivity (Wildman–Crippen MR) is 100 cm³/mol. The van der Waals surface area contributed by atoms with E-state index in [9.17, 15) is 9.59 Å². The van der Waals surface area contributed by atoms with E-state index in [1.54, 1.807) is 25.1 Å². The topological polar surface area (TPSA) is 71.3 Å². The van der Waals surface area contributed by atoms with Gasteiger partial charge in [0.25, 0.3) is 5.91 Å². The van der Waals surface area contributed by atoms with E-state index in [0.717, 1.165) is 12.8 Å². The predicted octanol–water partition coefficient (Wildman–Crippen LogP) is 3.34. The van der Waals surface area contributed by atoms with Crippen molar-refractivity contribution < 1.29 is 14.7 Å². The van der Waals surface area contributed by atoms with Gasteiger partial charge in [-0.2, -0.15) is 0 Å². The number of aromatic nitrogens is 1. The number of rotatable bonds is 8. The lowest BCUT2D eigenvalue weighted by molar-refractivity contribution is -0.136. The Morgan fingerprint density at radius 1 is 1.20 bits per heavy atom. The van der Waals surface area contributed by atoms with Crippen molar-refractivity contribution in [3.8, 4) is 0 Å². The SMILES string of the molecule is CC(CCc1cccn1C)NC(=O)c1ccccc1SC(C)C(=O)O. The number of amides is 1. The highest BCUT2D eigenvalue weighted by Gasteiger charge is 2.18. The molecule has 0 spiro atoms. The van der Waals surface area contributed by atoms with Crippen LogP contribution in [0.5, 0.6) is 0 Å². The highest BCUT2D eigenvalue weighted by molar-refractivity contribution is 8.00. The van der Waals surface area contributed by atoms with Gasteiger partial charge in [0, 0.05) is 29.9 Å². The van der Waals surface area contributed by atoms with E-state index in [-0.39, 0.29) is 11.9 Å². The van der Waals surface area contributed by atoms with Crippen molar-refractivity contribution in [2.75, 3.05) is 0 Å². The summed E-state index contributed by atoms with van der Waals surface area (Å²) >= 11 is 1.18. The lowest BCUT2D eigenvalue weighted by atomic mass is 10.1. The number of carboxylic acid groups (broad SMARTS) is 1. The van der Waals surface area contributed by atoms with Gasteiger partial charge in [-0.3, -0.25) is 9.59 Å². The molecule has 1 heterocycles. The minimum Gasteiger partial charge on any atom is -0.480 e. The maximum atomic E-state index is 12.6. The number of nitrogens with zero attached hydrogens (tertiary/aromatic N) is 1. The molecule has 1 aromatic carbocycles. The normalized spacial score (nSPS) is 13.2. The van der Waals surface area contributed by atoms with E-state index in [1.165, 1.54) is 17.5 Å². The summed E-state index contributed by atoms with van der Waals surface area (Å²) in [5.74, 6) is -1.06. The van der Waals surface area contributed by atoms with Crippen LogP contribution in [0.1, 0.15) is 36.3 Å². The fourth-order valence-electron chi connectivity index (χ4n) is 2.49. The number of hydrogen-bond donors (Lipinski definition) is 2. The van der Waals surface area contributed by atoms with Gasteiger partial charge in [0.05, 0.1) is 5.56 Å². The van der Waals surface area contributed by atoms with Gasteiger partial charge in [-0.25, -0.2) is 0 Å². The van der Waals surface area contributed by atoms with Crippen LogP contribution in [0.15, 0.2) is 47.5 Å². The molecular weight excluding hydrogens is 336 g/mol. The molecule has 0 radical (unpaired) electrons. The average Bonchev–Trinajstić information content (AvgIpc) is 2.98. The third-order valence-electron chi connectivity index (χ3n) is 4.05. The number of carbonyl (C=O) groups excluding carboxylic acids is 1. The molecule has 6 heteroatoms. The van der Waals surface area contributed by atoms with Crippen LogP contribution in [0.4, 0.5) is 0 Å². The van der Waals surface area contributed by atoms with Crippen LogP contribution in [0.2, 0.25) is 0 Å². The molecule has 0 aliphatic carbocycles. The first kappa shape index (κ1) is 19.1. The van der Waals surface area contributed by atoms with E-state index in [0.29, 0.717) is 10.5 Å². The zero-order chi connectivity index (χ0) is 18.4. The second-order valence-electron chi connectivity index (χ2n) is 6.12. The van der Waals surface area contributed by atoms with Gasteiger partial charge in [-0.05, 0) is 51.0 Å². The van der Waals surface area contributed by atoms with Crippen LogP contribution < -0.4 is 5.32 Å². The van der Waals surface area contributed by atoms with Crippen LogP contribution in [-0.2, 0) is 18.3 Å². The van der Waals surface area contributed by atoms with Crippen LogP contribution in [0, 0.1) is 0 Å². The fraction of sp³-hybridized carbons (Fsp3) is 0.368. The van der Waals surface area contributed by atoms with Gasteiger partial charge in [0.15, 0.2) is 0 Å². The number of aryl methyl sites for hydroxylation is 2. The monoisotopic (exact) mass is 360 g/mol. The summed E-state index contributed by atoms with van der Waals surface area (Å²) in [4.78, 5) is 24.3. The highest BCUT2D eigenvalue weighted by Crippen LogP contribution is 2.27. The first-order chi connectivity index (χ1) is 11.9. The summed E-state index contributed by atoms with van der Waals surface area (Å²) in [6.45, 7) is 3.60. The summed E-state index contributed by atoms with van der Waals surface area (Å²) < 4.78 is 2.08. The summed E-state index contributed by atoms with van der Waals surface area (Å²) in [5.41, 5.74) is 1.75. The van der Waals surface area contributed by atoms with Crippen molar-refractivity contribution in [1.29, 1.82) is 0 Å². The number of thioether (sulfide) groups is 1. The Hall–Kier alpha value is -2.21. The quantitative estimate of drug-likeness (QED) is 0.708. The molecule has 2 unspecified atom stereocenters. The maximum Gasteiger partial charge on any atom is 0.316 e. The second kappa shape index (κ2) is 8.76. The van der Waals surface area contributed by atoms with Gasteiger partial charge < -0.3 is 15.0 Å². The lowest BCUT2D eigenvalue weighted by Crippen LogP contribution is -2.33. The Balaban J connectivity index is 1.98. The zero-order valence-electron chi connectivity index (χ0n) is 14.7. The van der Waals surface area contributed by atoms with Crippen molar-refractivity contribution >= 4 is 23.6 Å². The smallest absolute Gasteiger partial charge is 0.316 e. The molecule has 1 aromatic heterocycles. The van der Waals surface area contributed by atoms with Crippen LogP contribution in [0.25, 0.3) is 0 Å². The van der Waals surface area contributed by atoms with Crippen molar-refractivity contribution in [2.45, 2.75) is 42.9 Å². The molecule has 2 N–H and O–H groups in total. The second-order valence-corrected chi connectivity index (χ2v) is 7.50. The number of carbonyl (C=O) groups is 2. The van der Waals surface area contributed by atoms with Gasteiger partial charge in [0.2, 0.25) is 0 Å². The van der Waals surface area contributed by atoms with Crippen LogP contribution in [0.3, 0.4) is 0 Å². The molecule has 1 amide bonds. The van der Waals surface area contributed by atoms with E-state index < -0.39 is 11.2 Å². The number of benzene rings is 1. The minimum atomic E-state index is -0.892. The molecule has 0 fully saturated rings. The van der Waals surface area contributed by atoms with Crippen molar-refractivity contribution in [3.63, 3.8) is 0 Å². The Morgan fingerprint density at radius 2 is 1.92 bits per heavy atom. The molecule has 134 valence electrons. The average molecular weight is 360 g/mol. The molecule has 0 saturated carbocycles. The third-order valence-corrected chi connectivity index (χ3v) is 5.21. The molecule has 0 aliphatic heterocycles. The molecule has 0 bridgehead atoms. The molecule has 0 aliphatic rings. The number of carboxylic acids is 1. The first-order valence-corrected chi connectivity index (χ1v) is 9.16. The van der Waals surface area contributed by atoms with Crippen molar-refractivity contribution in [3.05, 3.63) is 53.9 Å². The fourth-order valence-corrected chi connectivity index (χ4v) is 3.42. The molecule has 0 saturated heterocycles. The Morgan fingerprint density at radius 3 is 2.56 bits per heavy atom. The van der Waals surface area contributed by atoms with Crippen molar-refractivity contribution in [2.24, 2.45) is 7.05 Å². The molecule has 2 atom stereocenters. The van der Waals surface area contributed by atoms with Crippen LogP contribution in [-0.4, -0.2) is 32.8 Å². The van der Waals surface area contributed by atoms with Crippen molar-refractivity contribution in [1.82, 2.24) is 9.88 Å². The number of aliphatic carboxylic acids is 1. The molecule has 2 aromatic rings. The van der Waals surface area contributed by atoms with E-state index in [4.69, 9.17) is 5.11 Å². The van der Waals surface area contributed by atoms with Gasteiger partial charge in [0.1, 0.15) is 5.25 Å². The van der Waals surface area contributed by atoms with Gasteiger partial charge in [-0.1, -0.05) is 12.1 Å². The molecule has 25 heavy (non-hydrogen) atoms. The Bertz CT molecular complexity index is 742. The number of nitrogens with one attached hydrogen (secondary N) is 1. The summed E-state index contributed by atoms with van der Waals surface area (Å²) in [5, 5.41) is 11.5. The van der Waals surface area contributed by atoms with E-state index in [1.807, 2.05) is 32.3 Å². The summed E-state index contributed by atoms with van der Waals surface area (Å²) in [6.07, 6.45) is 3.73. The highest BCUT2D eigenvalue weighted by atomic mass is 32.2. The van der Waals surface area contributed by atoms with E-state index >= 15 is 0 Å².